The van der Waals surface area contributed by atoms with Crippen molar-refractivity contribution >= 4 is 17.7 Å². The molecule has 28 heavy (non-hydrogen) atoms. The Kier molecular flexibility index (Phi) is 4.81. The lowest BCUT2D eigenvalue weighted by Crippen LogP contribution is -2.36. The summed E-state index contributed by atoms with van der Waals surface area (Å²) in [6.07, 6.45) is -0.671. The highest BCUT2D eigenvalue weighted by atomic mass is 16.6. The Labute approximate surface area is 162 Å². The Morgan fingerprint density at radius 2 is 1.36 bits per heavy atom. The highest BCUT2D eigenvalue weighted by Gasteiger charge is 2.30. The Bertz CT molecular complexity index is 970. The number of hydrogen-bond acceptors (Lipinski definition) is 3. The first-order valence-corrected chi connectivity index (χ1v) is 9.04. The smallest absolute Gasteiger partial charge is 0.414 e. The minimum Gasteiger partial charge on any atom is -0.480 e. The van der Waals surface area contributed by atoms with Crippen LogP contribution in [0.25, 0.3) is 11.1 Å². The molecule has 5 nitrogen and oxygen atoms in total. The van der Waals surface area contributed by atoms with Crippen molar-refractivity contribution in [2.75, 3.05) is 18.1 Å². The predicted molar refractivity (Wildman–Crippen MR) is 106 cm³/mol. The molecule has 1 N–H and O–H groups in total. The molecule has 4 rings (SSSR count). The zero-order chi connectivity index (χ0) is 19.5. The van der Waals surface area contributed by atoms with Gasteiger partial charge in [0, 0.05) is 11.6 Å². The highest BCUT2D eigenvalue weighted by Crippen LogP contribution is 2.44. The van der Waals surface area contributed by atoms with Gasteiger partial charge in [-0.1, -0.05) is 66.7 Å². The van der Waals surface area contributed by atoms with Crippen molar-refractivity contribution in [2.24, 2.45) is 0 Å². The number of benzene rings is 3. The van der Waals surface area contributed by atoms with E-state index in [-0.39, 0.29) is 12.5 Å². The van der Waals surface area contributed by atoms with Gasteiger partial charge in [0.25, 0.3) is 0 Å². The van der Waals surface area contributed by atoms with Crippen LogP contribution >= 0.6 is 0 Å². The summed E-state index contributed by atoms with van der Waals surface area (Å²) in [7, 11) is 0. The third-order valence-electron chi connectivity index (χ3n) is 4.92. The van der Waals surface area contributed by atoms with Crippen molar-refractivity contribution in [3.63, 3.8) is 0 Å². The van der Waals surface area contributed by atoms with Crippen LogP contribution in [0.1, 0.15) is 17.0 Å². The lowest BCUT2D eigenvalue weighted by Gasteiger charge is -2.22. The maximum atomic E-state index is 12.7. The first-order chi connectivity index (χ1) is 13.6. The monoisotopic (exact) mass is 373 g/mol. The fraction of sp³-hybridized carbons (Fsp3) is 0.130. The fourth-order valence-electron chi connectivity index (χ4n) is 3.68. The summed E-state index contributed by atoms with van der Waals surface area (Å²) in [5.41, 5.74) is 5.00. The Morgan fingerprint density at radius 1 is 0.821 bits per heavy atom. The Morgan fingerprint density at radius 3 is 1.93 bits per heavy atom. The van der Waals surface area contributed by atoms with Gasteiger partial charge < -0.3 is 9.84 Å². The second-order valence-electron chi connectivity index (χ2n) is 6.62. The topological polar surface area (TPSA) is 66.8 Å². The van der Waals surface area contributed by atoms with E-state index in [9.17, 15) is 14.7 Å². The van der Waals surface area contributed by atoms with E-state index in [0.717, 1.165) is 27.2 Å². The molecule has 0 atom stereocenters. The number of nitrogens with zero attached hydrogens (tertiary/aromatic N) is 1. The number of fused-ring (bicyclic) bond motifs is 3. The van der Waals surface area contributed by atoms with Crippen LogP contribution in [0.3, 0.4) is 0 Å². The van der Waals surface area contributed by atoms with Crippen molar-refractivity contribution in [1.82, 2.24) is 0 Å². The van der Waals surface area contributed by atoms with Crippen molar-refractivity contribution in [3.05, 3.63) is 90.0 Å². The molecule has 0 bridgehead atoms. The van der Waals surface area contributed by atoms with Crippen molar-refractivity contribution < 1.29 is 19.4 Å². The average molecular weight is 373 g/mol. The molecule has 1 amide bonds. The minimum absolute atomic E-state index is 0.0706. The van der Waals surface area contributed by atoms with E-state index >= 15 is 0 Å². The molecular formula is C23H19NO4. The van der Waals surface area contributed by atoms with E-state index in [1.807, 2.05) is 36.4 Å². The first kappa shape index (κ1) is 17.8. The zero-order valence-electron chi connectivity index (χ0n) is 15.1. The van der Waals surface area contributed by atoms with Crippen LogP contribution in [0.15, 0.2) is 78.9 Å². The van der Waals surface area contributed by atoms with Crippen LogP contribution in [0.5, 0.6) is 0 Å². The van der Waals surface area contributed by atoms with Gasteiger partial charge in [0.2, 0.25) is 0 Å². The molecule has 140 valence electrons. The van der Waals surface area contributed by atoms with E-state index < -0.39 is 18.6 Å². The van der Waals surface area contributed by atoms with E-state index in [4.69, 9.17) is 4.74 Å². The largest absolute Gasteiger partial charge is 0.480 e. The van der Waals surface area contributed by atoms with E-state index in [1.54, 1.807) is 30.3 Å². The normalized spacial score (nSPS) is 12.1. The Balaban J connectivity index is 1.56. The molecule has 0 aromatic heterocycles. The van der Waals surface area contributed by atoms with Crippen LogP contribution in [0.2, 0.25) is 0 Å². The van der Waals surface area contributed by atoms with Crippen LogP contribution in [-0.2, 0) is 9.53 Å². The molecule has 1 aliphatic carbocycles. The summed E-state index contributed by atoms with van der Waals surface area (Å²) >= 11 is 0. The summed E-state index contributed by atoms with van der Waals surface area (Å²) in [5, 5.41) is 9.18. The van der Waals surface area contributed by atoms with Crippen molar-refractivity contribution in [3.8, 4) is 11.1 Å². The van der Waals surface area contributed by atoms with E-state index in [0.29, 0.717) is 5.69 Å². The summed E-state index contributed by atoms with van der Waals surface area (Å²) in [6.45, 7) is -0.309. The third kappa shape index (κ3) is 3.34. The van der Waals surface area contributed by atoms with Gasteiger partial charge in [-0.2, -0.15) is 0 Å². The molecule has 5 heteroatoms. The fourth-order valence-corrected chi connectivity index (χ4v) is 3.68. The van der Waals surface area contributed by atoms with Gasteiger partial charge in [-0.05, 0) is 34.4 Å². The van der Waals surface area contributed by atoms with Crippen LogP contribution in [0.4, 0.5) is 10.5 Å². The molecule has 0 fully saturated rings. The zero-order valence-corrected chi connectivity index (χ0v) is 15.1. The van der Waals surface area contributed by atoms with Gasteiger partial charge in [-0.15, -0.1) is 0 Å². The number of amides is 1. The minimum atomic E-state index is -1.10. The van der Waals surface area contributed by atoms with Crippen molar-refractivity contribution in [1.29, 1.82) is 0 Å². The summed E-state index contributed by atoms with van der Waals surface area (Å²) in [6, 6.07) is 24.8. The van der Waals surface area contributed by atoms with Crippen LogP contribution < -0.4 is 4.90 Å². The lowest BCUT2D eigenvalue weighted by atomic mass is 9.98. The third-order valence-corrected chi connectivity index (χ3v) is 4.92. The first-order valence-electron chi connectivity index (χ1n) is 9.04. The number of ether oxygens (including phenoxy) is 1. The molecule has 3 aromatic rings. The number of carboxylic acid groups (broad SMARTS) is 1. The Hall–Kier alpha value is -3.60. The molecule has 0 radical (unpaired) electrons. The van der Waals surface area contributed by atoms with Crippen molar-refractivity contribution in [2.45, 2.75) is 5.92 Å². The molecule has 3 aromatic carbocycles. The second kappa shape index (κ2) is 7.56. The maximum absolute atomic E-state index is 12.7. The maximum Gasteiger partial charge on any atom is 0.414 e. The van der Waals surface area contributed by atoms with Crippen LogP contribution in [0, 0.1) is 0 Å². The SMILES string of the molecule is O=C(O)CN(C(=O)OCC1c2ccccc2-c2ccccc21)c1ccccc1. The van der Waals surface area contributed by atoms with Crippen LogP contribution in [-0.4, -0.2) is 30.3 Å². The number of aliphatic carboxylic acids is 1. The summed E-state index contributed by atoms with van der Waals surface area (Å²) < 4.78 is 5.58. The van der Waals surface area contributed by atoms with E-state index in [2.05, 4.69) is 12.1 Å². The number of carbonyl (C=O) groups excluding carboxylic acids is 1. The number of rotatable bonds is 5. The number of para-hydroxylation sites is 1. The number of carbonyl (C=O) groups is 2. The average Bonchev–Trinajstić information content (AvgIpc) is 3.05. The molecule has 0 saturated heterocycles. The number of hydrogen-bond donors (Lipinski definition) is 1. The standard InChI is InChI=1S/C23H19NO4/c25-22(26)14-24(16-8-2-1-3-9-16)23(27)28-15-21-19-12-6-4-10-17(19)18-11-5-7-13-20(18)21/h1-13,21H,14-15H2,(H,25,26). The van der Waals surface area contributed by atoms with E-state index in [1.165, 1.54) is 0 Å². The molecule has 0 unspecified atom stereocenters. The van der Waals surface area contributed by atoms with Gasteiger partial charge in [0.1, 0.15) is 13.2 Å². The second-order valence-corrected chi connectivity index (χ2v) is 6.62. The van der Waals surface area contributed by atoms with Gasteiger partial charge in [-0.3, -0.25) is 9.69 Å². The quantitative estimate of drug-likeness (QED) is 0.714. The molecule has 0 heterocycles. The highest BCUT2D eigenvalue weighted by molar-refractivity contribution is 5.93. The number of anilines is 1. The molecule has 0 spiro atoms. The molecule has 0 saturated carbocycles. The van der Waals surface area contributed by atoms with Gasteiger partial charge in [0.05, 0.1) is 0 Å². The molecule has 1 aliphatic rings. The number of carboxylic acids is 1. The predicted octanol–water partition coefficient (Wildman–Crippen LogP) is 4.53. The lowest BCUT2D eigenvalue weighted by molar-refractivity contribution is -0.135. The summed E-state index contributed by atoms with van der Waals surface area (Å²) in [4.78, 5) is 25.1. The van der Waals surface area contributed by atoms with Gasteiger partial charge in [-0.25, -0.2) is 4.79 Å². The molecule has 0 aliphatic heterocycles. The van der Waals surface area contributed by atoms with Gasteiger partial charge in [0.15, 0.2) is 0 Å². The van der Waals surface area contributed by atoms with Gasteiger partial charge >= 0.3 is 12.1 Å². The summed E-state index contributed by atoms with van der Waals surface area (Å²) in [5.74, 6) is -1.17. The molecular weight excluding hydrogens is 354 g/mol.